The Labute approximate surface area is 174 Å². The van der Waals surface area contributed by atoms with Gasteiger partial charge in [0, 0.05) is 11.1 Å². The third kappa shape index (κ3) is 4.62. The smallest absolute Gasteiger partial charge is 0.343 e. The van der Waals surface area contributed by atoms with Crippen molar-refractivity contribution in [2.45, 2.75) is 0 Å². The first kappa shape index (κ1) is 19.2. The molecule has 0 atom stereocenters. The molecule has 0 aromatic heterocycles. The molecule has 0 N–H and O–H groups in total. The molecule has 0 spiro atoms. The lowest BCUT2D eigenvalue weighted by Crippen LogP contribution is -2.07. The lowest BCUT2D eigenvalue weighted by molar-refractivity contribution is 0.0734. The second-order valence-corrected chi connectivity index (χ2v) is 6.55. The lowest BCUT2D eigenvalue weighted by atomic mass is 10.0. The zero-order chi connectivity index (χ0) is 20.8. The second-order valence-electron chi connectivity index (χ2n) is 6.55. The number of carbonyl (C=O) groups is 2. The van der Waals surface area contributed by atoms with E-state index in [2.05, 4.69) is 0 Å². The van der Waals surface area contributed by atoms with Gasteiger partial charge in [-0.3, -0.25) is 4.79 Å². The van der Waals surface area contributed by atoms with Crippen molar-refractivity contribution in [2.75, 3.05) is 0 Å². The van der Waals surface area contributed by atoms with Gasteiger partial charge < -0.3 is 9.47 Å². The molecule has 4 aromatic carbocycles. The monoisotopic (exact) mass is 394 g/mol. The summed E-state index contributed by atoms with van der Waals surface area (Å²) in [4.78, 5) is 24.6. The molecular formula is C26H18O4. The predicted octanol–water partition coefficient (Wildman–Crippen LogP) is 5.93. The number of esters is 1. The van der Waals surface area contributed by atoms with Crippen molar-refractivity contribution >= 4 is 11.8 Å². The van der Waals surface area contributed by atoms with Gasteiger partial charge in [0.2, 0.25) is 0 Å². The molecule has 0 bridgehead atoms. The van der Waals surface area contributed by atoms with E-state index >= 15 is 0 Å². The van der Waals surface area contributed by atoms with Gasteiger partial charge in [-0.15, -0.1) is 0 Å². The molecule has 0 aliphatic rings. The molecule has 0 aliphatic heterocycles. The fourth-order valence-electron chi connectivity index (χ4n) is 2.88. The maximum absolute atomic E-state index is 12.5. The first-order valence-corrected chi connectivity index (χ1v) is 9.44. The zero-order valence-electron chi connectivity index (χ0n) is 16.0. The summed E-state index contributed by atoms with van der Waals surface area (Å²) in [5, 5.41) is 0. The summed E-state index contributed by atoms with van der Waals surface area (Å²) in [7, 11) is 0. The molecule has 4 aromatic rings. The number of hydrogen-bond donors (Lipinski definition) is 0. The summed E-state index contributed by atoms with van der Waals surface area (Å²) in [6.45, 7) is 0. The summed E-state index contributed by atoms with van der Waals surface area (Å²) in [5.41, 5.74) is 1.73. The van der Waals surface area contributed by atoms with E-state index in [1.165, 1.54) is 0 Å². The molecule has 4 nitrogen and oxygen atoms in total. The van der Waals surface area contributed by atoms with E-state index in [4.69, 9.17) is 9.47 Å². The second kappa shape index (κ2) is 8.88. The maximum atomic E-state index is 12.5. The Hall–Kier alpha value is -4.18. The van der Waals surface area contributed by atoms with E-state index in [1.807, 2.05) is 24.3 Å². The number of hydrogen-bond acceptors (Lipinski definition) is 4. The van der Waals surface area contributed by atoms with Crippen molar-refractivity contribution < 1.29 is 19.1 Å². The van der Waals surface area contributed by atoms with Crippen LogP contribution in [0.3, 0.4) is 0 Å². The molecule has 4 heteroatoms. The van der Waals surface area contributed by atoms with Crippen LogP contribution in [0.4, 0.5) is 0 Å². The molecular weight excluding hydrogens is 376 g/mol. The van der Waals surface area contributed by atoms with Gasteiger partial charge in [-0.2, -0.15) is 0 Å². The van der Waals surface area contributed by atoms with E-state index in [-0.39, 0.29) is 5.78 Å². The topological polar surface area (TPSA) is 52.6 Å². The fraction of sp³-hybridized carbons (Fsp3) is 0. The summed E-state index contributed by atoms with van der Waals surface area (Å²) in [5.74, 6) is 1.18. The van der Waals surface area contributed by atoms with Gasteiger partial charge in [0.05, 0.1) is 5.56 Å². The highest BCUT2D eigenvalue weighted by Gasteiger charge is 2.10. The quantitative estimate of drug-likeness (QED) is 0.231. The normalized spacial score (nSPS) is 10.3. The van der Waals surface area contributed by atoms with Crippen molar-refractivity contribution in [3.63, 3.8) is 0 Å². The first-order valence-electron chi connectivity index (χ1n) is 9.44. The number of rotatable bonds is 6. The molecule has 0 unspecified atom stereocenters. The van der Waals surface area contributed by atoms with Crippen LogP contribution in [-0.2, 0) is 0 Å². The minimum Gasteiger partial charge on any atom is -0.457 e. The maximum Gasteiger partial charge on any atom is 0.343 e. The average Bonchev–Trinajstić information content (AvgIpc) is 2.81. The van der Waals surface area contributed by atoms with Crippen LogP contribution in [-0.4, -0.2) is 11.8 Å². The number of ketones is 1. The fourth-order valence-corrected chi connectivity index (χ4v) is 2.88. The standard InChI is InChI=1S/C26H18O4/c27-25(19-7-3-1-4-8-19)20-11-13-22(14-12-20)29-23-15-17-24(18-16-23)30-26(28)21-9-5-2-6-10-21/h1-18H. The minimum atomic E-state index is -0.414. The molecule has 30 heavy (non-hydrogen) atoms. The van der Waals surface area contributed by atoms with Crippen LogP contribution in [0.1, 0.15) is 26.3 Å². The third-order valence-electron chi connectivity index (χ3n) is 4.43. The molecule has 0 saturated heterocycles. The highest BCUT2D eigenvalue weighted by atomic mass is 16.5. The number of benzene rings is 4. The Morgan fingerprint density at radius 1 is 0.467 bits per heavy atom. The molecule has 0 amide bonds. The Bertz CT molecular complexity index is 1130. The van der Waals surface area contributed by atoms with Crippen molar-refractivity contribution in [2.24, 2.45) is 0 Å². The van der Waals surface area contributed by atoms with Crippen molar-refractivity contribution in [1.82, 2.24) is 0 Å². The highest BCUT2D eigenvalue weighted by molar-refractivity contribution is 6.09. The van der Waals surface area contributed by atoms with Crippen LogP contribution in [0.25, 0.3) is 0 Å². The van der Waals surface area contributed by atoms with E-state index in [0.717, 1.165) is 0 Å². The van der Waals surface area contributed by atoms with Gasteiger partial charge in [0.25, 0.3) is 0 Å². The minimum absolute atomic E-state index is 0.0354. The van der Waals surface area contributed by atoms with Crippen molar-refractivity contribution in [1.29, 1.82) is 0 Å². The molecule has 0 aliphatic carbocycles. The predicted molar refractivity (Wildman–Crippen MR) is 114 cm³/mol. The average molecular weight is 394 g/mol. The lowest BCUT2D eigenvalue weighted by Gasteiger charge is -2.08. The summed E-state index contributed by atoms with van der Waals surface area (Å²) in [6, 6.07) is 31.7. The highest BCUT2D eigenvalue weighted by Crippen LogP contribution is 2.25. The Morgan fingerprint density at radius 2 is 0.900 bits per heavy atom. The molecule has 0 radical (unpaired) electrons. The number of carbonyl (C=O) groups excluding carboxylic acids is 2. The number of ether oxygens (including phenoxy) is 2. The van der Waals surface area contributed by atoms with E-state index < -0.39 is 5.97 Å². The van der Waals surface area contributed by atoms with Crippen molar-refractivity contribution in [3.8, 4) is 17.2 Å². The summed E-state index contributed by atoms with van der Waals surface area (Å²) >= 11 is 0. The SMILES string of the molecule is O=C(Oc1ccc(Oc2ccc(C(=O)c3ccccc3)cc2)cc1)c1ccccc1. The molecule has 0 fully saturated rings. The van der Waals surface area contributed by atoms with Gasteiger partial charge in [0.15, 0.2) is 5.78 Å². The molecule has 146 valence electrons. The Balaban J connectivity index is 1.39. The van der Waals surface area contributed by atoms with Gasteiger partial charge in [-0.1, -0.05) is 48.5 Å². The first-order chi connectivity index (χ1) is 14.7. The molecule has 4 rings (SSSR count). The summed E-state index contributed by atoms with van der Waals surface area (Å²) in [6.07, 6.45) is 0. The van der Waals surface area contributed by atoms with Crippen LogP contribution in [0, 0.1) is 0 Å². The van der Waals surface area contributed by atoms with Crippen LogP contribution in [0.2, 0.25) is 0 Å². The van der Waals surface area contributed by atoms with Gasteiger partial charge in [-0.05, 0) is 60.7 Å². The van der Waals surface area contributed by atoms with Crippen LogP contribution < -0.4 is 9.47 Å². The van der Waals surface area contributed by atoms with Gasteiger partial charge in [0.1, 0.15) is 17.2 Å². The zero-order valence-corrected chi connectivity index (χ0v) is 16.0. The van der Waals surface area contributed by atoms with Crippen LogP contribution in [0.5, 0.6) is 17.2 Å². The van der Waals surface area contributed by atoms with Crippen molar-refractivity contribution in [3.05, 3.63) is 126 Å². The summed E-state index contributed by atoms with van der Waals surface area (Å²) < 4.78 is 11.2. The Morgan fingerprint density at radius 3 is 1.47 bits per heavy atom. The Kier molecular flexibility index (Phi) is 5.67. The third-order valence-corrected chi connectivity index (χ3v) is 4.43. The van der Waals surface area contributed by atoms with E-state index in [0.29, 0.717) is 33.9 Å². The largest absolute Gasteiger partial charge is 0.457 e. The molecule has 0 saturated carbocycles. The van der Waals surface area contributed by atoms with Crippen LogP contribution >= 0.6 is 0 Å². The van der Waals surface area contributed by atoms with Crippen LogP contribution in [0.15, 0.2) is 109 Å². The van der Waals surface area contributed by atoms with E-state index in [9.17, 15) is 9.59 Å². The van der Waals surface area contributed by atoms with E-state index in [1.54, 1.807) is 84.9 Å². The molecule has 0 heterocycles. The van der Waals surface area contributed by atoms with Gasteiger partial charge in [-0.25, -0.2) is 4.79 Å². The van der Waals surface area contributed by atoms with Gasteiger partial charge >= 0.3 is 5.97 Å².